The first-order chi connectivity index (χ1) is 11.3. The predicted molar refractivity (Wildman–Crippen MR) is 94.1 cm³/mol. The van der Waals surface area contributed by atoms with Crippen LogP contribution >= 0.6 is 11.6 Å². The summed E-state index contributed by atoms with van der Waals surface area (Å²) >= 11 is 5.89. The second kappa shape index (κ2) is 5.74. The summed E-state index contributed by atoms with van der Waals surface area (Å²) in [5.41, 5.74) is 3.81. The maximum Gasteiger partial charge on any atom is 0.161 e. The highest BCUT2D eigenvalue weighted by Gasteiger charge is 2.04. The number of aromatic amines is 1. The maximum absolute atomic E-state index is 5.89. The molecule has 0 radical (unpaired) electrons. The van der Waals surface area contributed by atoms with E-state index in [0.717, 1.165) is 33.0 Å². The van der Waals surface area contributed by atoms with Crippen molar-refractivity contribution in [3.8, 4) is 11.4 Å². The quantitative estimate of drug-likeness (QED) is 0.557. The molecule has 0 aliphatic carbocycles. The summed E-state index contributed by atoms with van der Waals surface area (Å²) in [6, 6.07) is 17.6. The molecular weight excluding hydrogens is 308 g/mol. The average Bonchev–Trinajstić information content (AvgIpc) is 3.05. The summed E-state index contributed by atoms with van der Waals surface area (Å²) in [5.74, 6) is 0.706. The number of hydrogen-bond donors (Lipinski definition) is 2. The van der Waals surface area contributed by atoms with Gasteiger partial charge in [-0.15, -0.1) is 0 Å². The van der Waals surface area contributed by atoms with Crippen LogP contribution in [0, 0.1) is 0 Å². The van der Waals surface area contributed by atoms with Crippen LogP contribution in [0.5, 0.6) is 0 Å². The van der Waals surface area contributed by atoms with Crippen LogP contribution in [-0.2, 0) is 0 Å². The first kappa shape index (κ1) is 13.8. The molecular formula is C18H13ClN4. The normalized spacial score (nSPS) is 10.8. The third-order valence-electron chi connectivity index (χ3n) is 3.58. The molecule has 4 nitrogen and oxygen atoms in total. The van der Waals surface area contributed by atoms with Crippen molar-refractivity contribution < 1.29 is 0 Å². The van der Waals surface area contributed by atoms with Gasteiger partial charge in [-0.05, 0) is 54.6 Å². The highest BCUT2D eigenvalue weighted by Crippen LogP contribution is 2.23. The molecule has 0 bridgehead atoms. The van der Waals surface area contributed by atoms with Crippen LogP contribution in [0.25, 0.3) is 22.4 Å². The second-order valence-electron chi connectivity index (χ2n) is 5.18. The molecule has 2 aromatic carbocycles. The lowest BCUT2D eigenvalue weighted by atomic mass is 10.2. The van der Waals surface area contributed by atoms with E-state index in [0.29, 0.717) is 5.82 Å². The summed E-state index contributed by atoms with van der Waals surface area (Å²) in [6.45, 7) is 0. The summed E-state index contributed by atoms with van der Waals surface area (Å²) < 4.78 is 0. The Balaban J connectivity index is 1.58. The Kier molecular flexibility index (Phi) is 3.44. The van der Waals surface area contributed by atoms with Gasteiger partial charge in [-0.3, -0.25) is 0 Å². The standard InChI is InChI=1S/C18H13ClN4/c19-14-3-7-16(8-4-14)22-15-5-1-12(2-6-15)17-21-11-13-9-10-20-18(13)23-17/h1-11,22H,(H,20,21,23). The van der Waals surface area contributed by atoms with Crippen LogP contribution in [0.15, 0.2) is 67.0 Å². The van der Waals surface area contributed by atoms with Crippen molar-refractivity contribution in [1.29, 1.82) is 0 Å². The van der Waals surface area contributed by atoms with Crippen molar-refractivity contribution in [2.45, 2.75) is 0 Å². The monoisotopic (exact) mass is 320 g/mol. The fourth-order valence-electron chi connectivity index (χ4n) is 2.38. The fourth-order valence-corrected chi connectivity index (χ4v) is 2.51. The van der Waals surface area contributed by atoms with E-state index in [1.165, 1.54) is 0 Å². The van der Waals surface area contributed by atoms with Gasteiger partial charge in [-0.1, -0.05) is 11.6 Å². The van der Waals surface area contributed by atoms with E-state index >= 15 is 0 Å². The zero-order valence-corrected chi connectivity index (χ0v) is 12.9. The number of halogens is 1. The molecule has 0 amide bonds. The van der Waals surface area contributed by atoms with E-state index in [9.17, 15) is 0 Å². The molecule has 0 unspecified atom stereocenters. The summed E-state index contributed by atoms with van der Waals surface area (Å²) in [6.07, 6.45) is 3.69. The van der Waals surface area contributed by atoms with Gasteiger partial charge in [0, 0.05) is 39.7 Å². The van der Waals surface area contributed by atoms with Crippen LogP contribution in [0.1, 0.15) is 0 Å². The van der Waals surface area contributed by atoms with Crippen LogP contribution in [0.2, 0.25) is 5.02 Å². The Morgan fingerprint density at radius 3 is 2.30 bits per heavy atom. The van der Waals surface area contributed by atoms with Gasteiger partial charge < -0.3 is 10.3 Å². The highest BCUT2D eigenvalue weighted by molar-refractivity contribution is 6.30. The SMILES string of the molecule is Clc1ccc(Nc2ccc(-c3ncc4cc[nH]c4n3)cc2)cc1. The van der Waals surface area contributed by atoms with E-state index in [2.05, 4.69) is 20.3 Å². The van der Waals surface area contributed by atoms with Crippen LogP contribution in [0.4, 0.5) is 11.4 Å². The van der Waals surface area contributed by atoms with Gasteiger partial charge in [0.05, 0.1) is 0 Å². The zero-order chi connectivity index (χ0) is 15.6. The van der Waals surface area contributed by atoms with E-state index in [4.69, 9.17) is 11.6 Å². The molecule has 0 spiro atoms. The van der Waals surface area contributed by atoms with Crippen LogP contribution in [0.3, 0.4) is 0 Å². The molecule has 2 aromatic heterocycles. The van der Waals surface area contributed by atoms with Crippen molar-refractivity contribution in [2.75, 3.05) is 5.32 Å². The molecule has 0 aliphatic rings. The largest absolute Gasteiger partial charge is 0.356 e. The third-order valence-corrected chi connectivity index (χ3v) is 3.83. The Morgan fingerprint density at radius 1 is 0.870 bits per heavy atom. The Morgan fingerprint density at radius 2 is 1.57 bits per heavy atom. The summed E-state index contributed by atoms with van der Waals surface area (Å²) in [4.78, 5) is 12.0. The summed E-state index contributed by atoms with van der Waals surface area (Å²) in [5, 5.41) is 5.06. The molecule has 2 heterocycles. The Labute approximate surface area is 138 Å². The molecule has 4 rings (SSSR count). The smallest absolute Gasteiger partial charge is 0.161 e. The van der Waals surface area contributed by atoms with Crippen molar-refractivity contribution in [3.05, 3.63) is 72.0 Å². The molecule has 0 aliphatic heterocycles. The minimum absolute atomic E-state index is 0.706. The van der Waals surface area contributed by atoms with Gasteiger partial charge in [0.15, 0.2) is 5.82 Å². The minimum Gasteiger partial charge on any atom is -0.356 e. The van der Waals surface area contributed by atoms with E-state index in [-0.39, 0.29) is 0 Å². The fraction of sp³-hybridized carbons (Fsp3) is 0. The number of rotatable bonds is 3. The first-order valence-corrected chi connectivity index (χ1v) is 7.59. The van der Waals surface area contributed by atoms with Crippen LogP contribution < -0.4 is 5.32 Å². The van der Waals surface area contributed by atoms with Gasteiger partial charge in [0.2, 0.25) is 0 Å². The Bertz CT molecular complexity index is 943. The van der Waals surface area contributed by atoms with Crippen molar-refractivity contribution in [2.24, 2.45) is 0 Å². The highest BCUT2D eigenvalue weighted by atomic mass is 35.5. The average molecular weight is 321 g/mol. The number of nitrogens with one attached hydrogen (secondary N) is 2. The van der Waals surface area contributed by atoms with E-state index in [1.54, 1.807) is 0 Å². The lowest BCUT2D eigenvalue weighted by Crippen LogP contribution is -1.92. The van der Waals surface area contributed by atoms with Gasteiger partial charge in [-0.25, -0.2) is 9.97 Å². The number of benzene rings is 2. The van der Waals surface area contributed by atoms with Gasteiger partial charge in [0.1, 0.15) is 5.65 Å². The van der Waals surface area contributed by atoms with Crippen molar-refractivity contribution in [1.82, 2.24) is 15.0 Å². The third kappa shape index (κ3) is 2.89. The summed E-state index contributed by atoms with van der Waals surface area (Å²) in [7, 11) is 0. The van der Waals surface area contributed by atoms with Crippen molar-refractivity contribution >= 4 is 34.0 Å². The molecule has 23 heavy (non-hydrogen) atoms. The van der Waals surface area contributed by atoms with E-state index in [1.807, 2.05) is 67.0 Å². The molecule has 112 valence electrons. The lowest BCUT2D eigenvalue weighted by molar-refractivity contribution is 1.21. The number of H-pyrrole nitrogens is 1. The number of anilines is 2. The van der Waals surface area contributed by atoms with Gasteiger partial charge >= 0.3 is 0 Å². The van der Waals surface area contributed by atoms with Crippen molar-refractivity contribution in [3.63, 3.8) is 0 Å². The first-order valence-electron chi connectivity index (χ1n) is 7.21. The van der Waals surface area contributed by atoms with Crippen LogP contribution in [-0.4, -0.2) is 15.0 Å². The maximum atomic E-state index is 5.89. The molecule has 2 N–H and O–H groups in total. The molecule has 0 fully saturated rings. The zero-order valence-electron chi connectivity index (χ0n) is 12.1. The number of hydrogen-bond acceptors (Lipinski definition) is 3. The van der Waals surface area contributed by atoms with E-state index < -0.39 is 0 Å². The lowest BCUT2D eigenvalue weighted by Gasteiger charge is -2.07. The number of aromatic nitrogens is 3. The Hall–Kier alpha value is -2.85. The molecule has 0 atom stereocenters. The molecule has 4 aromatic rings. The number of fused-ring (bicyclic) bond motifs is 1. The minimum atomic E-state index is 0.706. The predicted octanol–water partition coefficient (Wildman–Crippen LogP) is 5.02. The molecule has 0 saturated carbocycles. The van der Waals surface area contributed by atoms with Gasteiger partial charge in [0.25, 0.3) is 0 Å². The topological polar surface area (TPSA) is 53.6 Å². The van der Waals surface area contributed by atoms with Gasteiger partial charge in [-0.2, -0.15) is 0 Å². The number of nitrogens with zero attached hydrogens (tertiary/aromatic N) is 2. The second-order valence-corrected chi connectivity index (χ2v) is 5.62. The molecule has 5 heteroatoms. The molecule has 0 saturated heterocycles.